The number of rotatable bonds is 4. The van der Waals surface area contributed by atoms with Gasteiger partial charge in [0.2, 0.25) is 0 Å². The van der Waals surface area contributed by atoms with E-state index in [-0.39, 0.29) is 36.6 Å². The Morgan fingerprint density at radius 2 is 1.93 bits per heavy atom. The number of carbonyl (C=O) groups is 2. The van der Waals surface area contributed by atoms with E-state index in [1.165, 1.54) is 0 Å². The first kappa shape index (κ1) is 20.9. The fourth-order valence-corrected chi connectivity index (χ4v) is 7.59. The number of carbonyl (C=O) groups excluding carboxylic acids is 2. The number of allylic oxidation sites excluding steroid dienone is 3. The molecule has 7 atom stereocenters. The Balaban J connectivity index is 1.77. The number of aliphatic hydroxyl groups excluding tert-OH is 3. The van der Waals surface area contributed by atoms with Crippen molar-refractivity contribution in [1.29, 1.82) is 0 Å². The predicted octanol–water partition coefficient (Wildman–Crippen LogP) is 1.31. The van der Waals surface area contributed by atoms with Crippen molar-refractivity contribution in [3.05, 3.63) is 23.3 Å². The van der Waals surface area contributed by atoms with Crippen LogP contribution in [0, 0.1) is 28.6 Å². The van der Waals surface area contributed by atoms with Gasteiger partial charge >= 0.3 is 0 Å². The van der Waals surface area contributed by atoms with Gasteiger partial charge in [-0.25, -0.2) is 0 Å². The number of fused-ring (bicyclic) bond motifs is 5. The molecule has 0 radical (unpaired) electrons. The monoisotopic (exact) mass is 404 g/mol. The SMILES string of the molecule is C[C@]12C(CCO)=CC(=O)C=C1CC[C@@H]1[C@@H]2[C@@H](O)C[C@@]2(C)[C@H]1CC[C@]2(O)C(=O)CO. The average molecular weight is 405 g/mol. The van der Waals surface area contributed by atoms with Gasteiger partial charge in [-0.15, -0.1) is 0 Å². The molecular formula is C23H32O6. The molecule has 0 spiro atoms. The molecule has 29 heavy (non-hydrogen) atoms. The molecule has 6 nitrogen and oxygen atoms in total. The van der Waals surface area contributed by atoms with Crippen molar-refractivity contribution < 1.29 is 30.0 Å². The van der Waals surface area contributed by atoms with Crippen LogP contribution in [0.25, 0.3) is 0 Å². The maximum absolute atomic E-state index is 12.5. The fourth-order valence-electron chi connectivity index (χ4n) is 7.59. The summed E-state index contributed by atoms with van der Waals surface area (Å²) in [6.07, 6.45) is 5.75. The van der Waals surface area contributed by atoms with Crippen LogP contribution in [0.3, 0.4) is 0 Å². The largest absolute Gasteiger partial charge is 0.396 e. The Morgan fingerprint density at radius 3 is 2.59 bits per heavy atom. The Bertz CT molecular complexity index is 799. The molecule has 0 saturated heterocycles. The first-order valence-corrected chi connectivity index (χ1v) is 10.7. The van der Waals surface area contributed by atoms with Gasteiger partial charge in [-0.1, -0.05) is 25.0 Å². The van der Waals surface area contributed by atoms with Gasteiger partial charge in [-0.05, 0) is 62.5 Å². The Kier molecular flexibility index (Phi) is 4.93. The second-order valence-corrected chi connectivity index (χ2v) is 9.92. The summed E-state index contributed by atoms with van der Waals surface area (Å²) in [5.74, 6) is -0.583. The van der Waals surface area contributed by atoms with Crippen LogP contribution in [0.15, 0.2) is 23.3 Å². The topological polar surface area (TPSA) is 115 Å². The minimum Gasteiger partial charge on any atom is -0.396 e. The first-order chi connectivity index (χ1) is 13.6. The van der Waals surface area contributed by atoms with Crippen LogP contribution in [0.4, 0.5) is 0 Å². The van der Waals surface area contributed by atoms with E-state index in [0.29, 0.717) is 19.3 Å². The van der Waals surface area contributed by atoms with Gasteiger partial charge in [0.05, 0.1) is 6.10 Å². The molecule has 6 heteroatoms. The van der Waals surface area contributed by atoms with Gasteiger partial charge in [-0.2, -0.15) is 0 Å². The summed E-state index contributed by atoms with van der Waals surface area (Å²) in [5, 5.41) is 41.7. The van der Waals surface area contributed by atoms with Gasteiger partial charge < -0.3 is 20.4 Å². The van der Waals surface area contributed by atoms with Crippen LogP contribution in [0.2, 0.25) is 0 Å². The van der Waals surface area contributed by atoms with E-state index in [4.69, 9.17) is 0 Å². The van der Waals surface area contributed by atoms with E-state index >= 15 is 0 Å². The minimum absolute atomic E-state index is 0.0542. The van der Waals surface area contributed by atoms with E-state index in [0.717, 1.165) is 24.0 Å². The molecule has 3 fully saturated rings. The van der Waals surface area contributed by atoms with Gasteiger partial charge in [0, 0.05) is 23.4 Å². The molecule has 3 saturated carbocycles. The average Bonchev–Trinajstić information content (AvgIpc) is 2.94. The molecule has 160 valence electrons. The third-order valence-electron chi connectivity index (χ3n) is 8.97. The standard InChI is InChI=1S/C23H32O6/c1-21-11-18(27)20-16(17(21)5-7-23(21,29)19(28)12-25)4-3-13-9-15(26)10-14(6-8-24)22(13,20)2/h9-10,16-18,20,24-25,27,29H,3-8,11-12H2,1-2H3/t16-,17-,18-,20+,21-,22+,23-/m0/s1. The molecule has 0 aromatic heterocycles. The molecule has 4 aliphatic carbocycles. The van der Waals surface area contributed by atoms with E-state index < -0.39 is 34.9 Å². The van der Waals surface area contributed by atoms with E-state index in [1.807, 2.05) is 6.92 Å². The maximum Gasteiger partial charge on any atom is 0.190 e. The van der Waals surface area contributed by atoms with Gasteiger partial charge in [-0.3, -0.25) is 9.59 Å². The third kappa shape index (κ3) is 2.62. The van der Waals surface area contributed by atoms with Crippen molar-refractivity contribution in [1.82, 2.24) is 0 Å². The van der Waals surface area contributed by atoms with Crippen LogP contribution < -0.4 is 0 Å². The highest BCUT2D eigenvalue weighted by Crippen LogP contribution is 2.68. The van der Waals surface area contributed by atoms with Crippen molar-refractivity contribution in [2.24, 2.45) is 28.6 Å². The number of Topliss-reactive ketones (excluding diaryl/α,β-unsaturated/α-hetero) is 1. The summed E-state index contributed by atoms with van der Waals surface area (Å²) >= 11 is 0. The lowest BCUT2D eigenvalue weighted by molar-refractivity contribution is -0.179. The second kappa shape index (κ2) is 6.84. The fraction of sp³-hybridized carbons (Fsp3) is 0.739. The smallest absolute Gasteiger partial charge is 0.190 e. The molecule has 0 aliphatic heterocycles. The van der Waals surface area contributed by atoms with Crippen LogP contribution in [-0.4, -0.2) is 56.9 Å². The van der Waals surface area contributed by atoms with E-state index in [9.17, 15) is 30.0 Å². The van der Waals surface area contributed by atoms with Crippen molar-refractivity contribution in [2.45, 2.75) is 64.1 Å². The highest BCUT2D eigenvalue weighted by molar-refractivity contribution is 6.02. The number of hydrogen-bond donors (Lipinski definition) is 4. The molecule has 0 aromatic carbocycles. The molecular weight excluding hydrogens is 372 g/mol. The van der Waals surface area contributed by atoms with Crippen molar-refractivity contribution in [3.8, 4) is 0 Å². The third-order valence-corrected chi connectivity index (χ3v) is 8.97. The summed E-state index contributed by atoms with van der Waals surface area (Å²) in [6, 6.07) is 0. The molecule has 4 aliphatic rings. The van der Waals surface area contributed by atoms with Crippen molar-refractivity contribution in [3.63, 3.8) is 0 Å². The highest BCUT2D eigenvalue weighted by atomic mass is 16.3. The summed E-state index contributed by atoms with van der Waals surface area (Å²) in [4.78, 5) is 24.7. The van der Waals surface area contributed by atoms with E-state index in [1.54, 1.807) is 12.2 Å². The van der Waals surface area contributed by atoms with E-state index in [2.05, 4.69) is 6.92 Å². The number of aliphatic hydroxyl groups is 4. The predicted molar refractivity (Wildman–Crippen MR) is 106 cm³/mol. The molecule has 4 N–H and O–H groups in total. The zero-order valence-electron chi connectivity index (χ0n) is 17.2. The normalized spacial score (nSPS) is 46.3. The zero-order valence-corrected chi connectivity index (χ0v) is 17.2. The maximum atomic E-state index is 12.5. The summed E-state index contributed by atoms with van der Waals surface area (Å²) in [5.41, 5.74) is -0.989. The Hall–Kier alpha value is -1.34. The molecule has 0 aromatic rings. The quantitative estimate of drug-likeness (QED) is 0.562. The number of hydrogen-bond acceptors (Lipinski definition) is 6. The van der Waals surface area contributed by atoms with Crippen LogP contribution >= 0.6 is 0 Å². The summed E-state index contributed by atoms with van der Waals surface area (Å²) < 4.78 is 0. The highest BCUT2D eigenvalue weighted by Gasteiger charge is 2.68. The van der Waals surface area contributed by atoms with Gasteiger partial charge in [0.15, 0.2) is 11.6 Å². The lowest BCUT2D eigenvalue weighted by atomic mass is 9.44. The molecule has 0 amide bonds. The minimum atomic E-state index is -1.61. The Morgan fingerprint density at radius 1 is 1.21 bits per heavy atom. The molecule has 0 unspecified atom stereocenters. The molecule has 0 bridgehead atoms. The van der Waals surface area contributed by atoms with Crippen LogP contribution in [0.5, 0.6) is 0 Å². The summed E-state index contributed by atoms with van der Waals surface area (Å²) in [6.45, 7) is 3.22. The first-order valence-electron chi connectivity index (χ1n) is 10.7. The Labute approximate surface area is 171 Å². The summed E-state index contributed by atoms with van der Waals surface area (Å²) in [7, 11) is 0. The van der Waals surface area contributed by atoms with Crippen LogP contribution in [0.1, 0.15) is 52.4 Å². The lowest BCUT2D eigenvalue weighted by Crippen LogP contribution is -2.62. The van der Waals surface area contributed by atoms with Crippen molar-refractivity contribution >= 4 is 11.6 Å². The van der Waals surface area contributed by atoms with Gasteiger partial charge in [0.1, 0.15) is 12.2 Å². The van der Waals surface area contributed by atoms with Crippen LogP contribution in [-0.2, 0) is 9.59 Å². The zero-order chi connectivity index (χ0) is 21.2. The number of ketones is 2. The van der Waals surface area contributed by atoms with Crippen molar-refractivity contribution in [2.75, 3.05) is 13.2 Å². The lowest BCUT2D eigenvalue weighted by Gasteiger charge is -2.60. The van der Waals surface area contributed by atoms with Gasteiger partial charge in [0.25, 0.3) is 0 Å². The molecule has 4 rings (SSSR count). The second-order valence-electron chi connectivity index (χ2n) is 9.92. The molecule has 0 heterocycles.